The van der Waals surface area contributed by atoms with Crippen LogP contribution in [0.2, 0.25) is 0 Å². The minimum Gasteiger partial charge on any atom is -0.444 e. The van der Waals surface area contributed by atoms with E-state index in [9.17, 15) is 4.79 Å². The Labute approximate surface area is 159 Å². The summed E-state index contributed by atoms with van der Waals surface area (Å²) < 4.78 is 7.60. The number of nitrogens with one attached hydrogen (secondary N) is 1. The van der Waals surface area contributed by atoms with E-state index >= 15 is 0 Å². The maximum Gasteiger partial charge on any atom is 0.407 e. The number of nitrogen functional groups attached to an aromatic ring is 1. The minimum absolute atomic E-state index is 0.0916. The highest BCUT2D eigenvalue weighted by atomic mass is 16.6. The maximum absolute atomic E-state index is 12.0. The van der Waals surface area contributed by atoms with E-state index in [1.165, 1.54) is 24.7 Å². The molecule has 1 unspecified atom stereocenters. The Morgan fingerprint density at radius 3 is 2.70 bits per heavy atom. The topological polar surface area (TPSA) is 95.1 Å². The van der Waals surface area contributed by atoms with Crippen LogP contribution >= 0.6 is 0 Å². The molecule has 0 radical (unpaired) electrons. The summed E-state index contributed by atoms with van der Waals surface area (Å²) in [5.74, 6) is 0.532. The molecule has 4 rings (SSSR count). The molecule has 2 aliphatic rings. The van der Waals surface area contributed by atoms with Gasteiger partial charge in [-0.2, -0.15) is 0 Å². The lowest BCUT2D eigenvalue weighted by atomic mass is 9.91. The second-order valence-corrected chi connectivity index (χ2v) is 8.49. The number of hydrogen-bond acceptors (Lipinski definition) is 5. The van der Waals surface area contributed by atoms with Crippen molar-refractivity contribution in [2.75, 3.05) is 5.73 Å². The summed E-state index contributed by atoms with van der Waals surface area (Å²) in [4.78, 5) is 20.7. The van der Waals surface area contributed by atoms with Crippen LogP contribution in [0.1, 0.15) is 64.5 Å². The second-order valence-electron chi connectivity index (χ2n) is 8.49. The molecule has 0 bridgehead atoms. The molecule has 7 heteroatoms. The summed E-state index contributed by atoms with van der Waals surface area (Å²) in [6.07, 6.45) is 10.5. The first kappa shape index (κ1) is 17.8. The van der Waals surface area contributed by atoms with Crippen molar-refractivity contribution in [1.82, 2.24) is 19.9 Å². The molecule has 2 aromatic rings. The number of fused-ring (bicyclic) bond motifs is 1. The number of allylic oxidation sites excluding steroid dienone is 1. The summed E-state index contributed by atoms with van der Waals surface area (Å²) >= 11 is 0. The standard InChI is InChI=1S/C20H27N5O2/c1-20(2,3)27-19(26)24-13-6-4-12(5-7-13)15-10-25(14-8-9-14)18-16(15)17(21)22-11-23-18/h4,10-11,13-14H,5-9H2,1-3H3,(H,24,26)(H2,21,22,23). The molecule has 1 saturated carbocycles. The van der Waals surface area contributed by atoms with Crippen molar-refractivity contribution in [2.45, 2.75) is 70.6 Å². The van der Waals surface area contributed by atoms with Gasteiger partial charge in [0.05, 0.1) is 5.39 Å². The number of anilines is 1. The van der Waals surface area contributed by atoms with Gasteiger partial charge in [-0.25, -0.2) is 14.8 Å². The number of amides is 1. The van der Waals surface area contributed by atoms with E-state index < -0.39 is 5.60 Å². The summed E-state index contributed by atoms with van der Waals surface area (Å²) in [6, 6.07) is 0.621. The van der Waals surface area contributed by atoms with Crippen molar-refractivity contribution in [3.63, 3.8) is 0 Å². The van der Waals surface area contributed by atoms with Gasteiger partial charge in [-0.3, -0.25) is 0 Å². The van der Waals surface area contributed by atoms with Crippen LogP contribution in [0.3, 0.4) is 0 Å². The fourth-order valence-corrected chi connectivity index (χ4v) is 3.67. The van der Waals surface area contributed by atoms with E-state index in [0.717, 1.165) is 35.9 Å². The summed E-state index contributed by atoms with van der Waals surface area (Å²) in [6.45, 7) is 5.61. The van der Waals surface area contributed by atoms with Gasteiger partial charge < -0.3 is 20.4 Å². The van der Waals surface area contributed by atoms with E-state index in [4.69, 9.17) is 10.5 Å². The second kappa shape index (κ2) is 6.55. The average molecular weight is 369 g/mol. The fraction of sp³-hybridized carbons (Fsp3) is 0.550. The Morgan fingerprint density at radius 2 is 2.07 bits per heavy atom. The predicted molar refractivity (Wildman–Crippen MR) is 105 cm³/mol. The van der Waals surface area contributed by atoms with Gasteiger partial charge in [-0.05, 0) is 58.4 Å². The molecule has 1 fully saturated rings. The molecule has 3 N–H and O–H groups in total. The van der Waals surface area contributed by atoms with E-state index in [-0.39, 0.29) is 12.1 Å². The van der Waals surface area contributed by atoms with E-state index in [2.05, 4.69) is 32.1 Å². The Hall–Kier alpha value is -2.57. The Bertz CT molecular complexity index is 905. The van der Waals surface area contributed by atoms with Crippen LogP contribution in [0, 0.1) is 0 Å². The summed E-state index contributed by atoms with van der Waals surface area (Å²) in [5.41, 5.74) is 9.01. The number of ether oxygens (including phenoxy) is 1. The third-order valence-corrected chi connectivity index (χ3v) is 5.06. The highest BCUT2D eigenvalue weighted by Gasteiger charge is 2.29. The lowest BCUT2D eigenvalue weighted by molar-refractivity contribution is 0.0502. The van der Waals surface area contributed by atoms with Crippen LogP contribution in [0.25, 0.3) is 16.6 Å². The van der Waals surface area contributed by atoms with Gasteiger partial charge >= 0.3 is 6.09 Å². The molecular formula is C20H27N5O2. The van der Waals surface area contributed by atoms with Crippen LogP contribution in [0.5, 0.6) is 0 Å². The average Bonchev–Trinajstić information content (AvgIpc) is 3.35. The molecule has 0 saturated heterocycles. The first-order chi connectivity index (χ1) is 12.8. The lowest BCUT2D eigenvalue weighted by Crippen LogP contribution is -2.39. The molecule has 0 spiro atoms. The number of hydrogen-bond donors (Lipinski definition) is 2. The van der Waals surface area contributed by atoms with Crippen molar-refractivity contribution < 1.29 is 9.53 Å². The largest absolute Gasteiger partial charge is 0.444 e. The Balaban J connectivity index is 1.54. The Kier molecular flexibility index (Phi) is 4.32. The van der Waals surface area contributed by atoms with Crippen LogP contribution in [-0.4, -0.2) is 32.3 Å². The zero-order valence-corrected chi connectivity index (χ0v) is 16.2. The fourth-order valence-electron chi connectivity index (χ4n) is 3.67. The molecule has 1 atom stereocenters. The van der Waals surface area contributed by atoms with Gasteiger partial charge in [0.15, 0.2) is 0 Å². The summed E-state index contributed by atoms with van der Waals surface area (Å²) in [7, 11) is 0. The highest BCUT2D eigenvalue weighted by molar-refractivity contribution is 5.97. The predicted octanol–water partition coefficient (Wildman–Crippen LogP) is 3.81. The molecule has 7 nitrogen and oxygen atoms in total. The van der Waals surface area contributed by atoms with Gasteiger partial charge in [-0.1, -0.05) is 6.08 Å². The van der Waals surface area contributed by atoms with Crippen molar-refractivity contribution in [3.05, 3.63) is 24.2 Å². The number of nitrogens with zero attached hydrogens (tertiary/aromatic N) is 3. The number of carbonyl (C=O) groups is 1. The smallest absolute Gasteiger partial charge is 0.407 e. The molecule has 144 valence electrons. The lowest BCUT2D eigenvalue weighted by Gasteiger charge is -2.25. The van der Waals surface area contributed by atoms with Crippen LogP contribution < -0.4 is 11.1 Å². The van der Waals surface area contributed by atoms with Gasteiger partial charge in [-0.15, -0.1) is 0 Å². The van der Waals surface area contributed by atoms with E-state index in [0.29, 0.717) is 11.9 Å². The number of nitrogens with two attached hydrogens (primary N) is 1. The first-order valence-corrected chi connectivity index (χ1v) is 9.62. The minimum atomic E-state index is -0.484. The molecule has 2 aromatic heterocycles. The van der Waals surface area contributed by atoms with Gasteiger partial charge in [0.2, 0.25) is 0 Å². The molecule has 2 aliphatic carbocycles. The number of carbonyl (C=O) groups excluding carboxylic acids is 1. The van der Waals surface area contributed by atoms with E-state index in [1.807, 2.05) is 20.8 Å². The molecule has 27 heavy (non-hydrogen) atoms. The number of rotatable bonds is 3. The monoisotopic (exact) mass is 369 g/mol. The van der Waals surface area contributed by atoms with Crippen molar-refractivity contribution in [2.24, 2.45) is 0 Å². The van der Waals surface area contributed by atoms with Crippen molar-refractivity contribution >= 4 is 28.5 Å². The number of alkyl carbamates (subject to hydrolysis) is 1. The van der Waals surface area contributed by atoms with E-state index in [1.54, 1.807) is 0 Å². The zero-order valence-electron chi connectivity index (χ0n) is 16.2. The molecular weight excluding hydrogens is 342 g/mol. The molecule has 2 heterocycles. The maximum atomic E-state index is 12.0. The van der Waals surface area contributed by atoms with Crippen molar-refractivity contribution in [3.8, 4) is 0 Å². The van der Waals surface area contributed by atoms with Gasteiger partial charge in [0.25, 0.3) is 0 Å². The third kappa shape index (κ3) is 3.77. The van der Waals surface area contributed by atoms with Crippen LogP contribution in [0.15, 0.2) is 18.6 Å². The summed E-state index contributed by atoms with van der Waals surface area (Å²) in [5, 5.41) is 3.92. The zero-order chi connectivity index (χ0) is 19.2. The third-order valence-electron chi connectivity index (χ3n) is 5.06. The van der Waals surface area contributed by atoms with Crippen molar-refractivity contribution in [1.29, 1.82) is 0 Å². The first-order valence-electron chi connectivity index (χ1n) is 9.62. The highest BCUT2D eigenvalue weighted by Crippen LogP contribution is 2.42. The normalized spacial score (nSPS) is 20.4. The van der Waals surface area contributed by atoms with Crippen LogP contribution in [-0.2, 0) is 4.74 Å². The molecule has 0 aliphatic heterocycles. The number of aromatic nitrogens is 3. The molecule has 0 aromatic carbocycles. The van der Waals surface area contributed by atoms with Gasteiger partial charge in [0, 0.05) is 23.8 Å². The van der Waals surface area contributed by atoms with Gasteiger partial charge in [0.1, 0.15) is 23.4 Å². The molecule has 1 amide bonds. The quantitative estimate of drug-likeness (QED) is 0.858. The SMILES string of the molecule is CC(C)(C)OC(=O)NC1CC=C(c2cn(C3CC3)c3ncnc(N)c23)CC1. The van der Waals surface area contributed by atoms with Crippen LogP contribution in [0.4, 0.5) is 10.6 Å². The Morgan fingerprint density at radius 1 is 1.30 bits per heavy atom.